The van der Waals surface area contributed by atoms with Crippen LogP contribution in [-0.2, 0) is 37.5 Å². The van der Waals surface area contributed by atoms with Gasteiger partial charge >= 0.3 is 25.7 Å². The Morgan fingerprint density at radius 1 is 0.519 bits per heavy atom. The van der Waals surface area contributed by atoms with Crippen LogP contribution >= 0.6 is 7.82 Å². The Balaban J connectivity index is 4.11. The Morgan fingerprint density at radius 3 is 1.21 bits per heavy atom. The molecule has 0 radical (unpaired) electrons. The molecular formula is C40H78NO10P. The molecular weight excluding hydrogens is 685 g/mol. The van der Waals surface area contributed by atoms with E-state index in [2.05, 4.69) is 18.4 Å². The number of aliphatic carboxylic acids is 1. The highest BCUT2D eigenvalue weighted by atomic mass is 31.2. The quantitative estimate of drug-likeness (QED) is 0.0308. The van der Waals surface area contributed by atoms with E-state index in [1.165, 1.54) is 122 Å². The number of ether oxygens (including phenoxy) is 2. The van der Waals surface area contributed by atoms with Crippen LogP contribution in [0, 0.1) is 0 Å². The van der Waals surface area contributed by atoms with Gasteiger partial charge in [-0.3, -0.25) is 23.4 Å². The van der Waals surface area contributed by atoms with Crippen molar-refractivity contribution < 1.29 is 47.5 Å². The van der Waals surface area contributed by atoms with Gasteiger partial charge in [0, 0.05) is 12.8 Å². The van der Waals surface area contributed by atoms with Gasteiger partial charge in [0.25, 0.3) is 0 Å². The average Bonchev–Trinajstić information content (AvgIpc) is 3.12. The minimum absolute atomic E-state index is 0.165. The van der Waals surface area contributed by atoms with E-state index >= 15 is 0 Å². The lowest BCUT2D eigenvalue weighted by Crippen LogP contribution is -2.34. The molecule has 0 aliphatic rings. The molecule has 0 heterocycles. The molecule has 0 fully saturated rings. The van der Waals surface area contributed by atoms with Crippen LogP contribution < -0.4 is 5.73 Å². The molecule has 0 rings (SSSR count). The lowest BCUT2D eigenvalue weighted by molar-refractivity contribution is -0.161. The second kappa shape index (κ2) is 36.5. The number of unbranched alkanes of at least 4 members (excludes halogenated alkanes) is 26. The number of carbonyl (C=O) groups excluding carboxylic acids is 2. The van der Waals surface area contributed by atoms with E-state index < -0.39 is 51.1 Å². The van der Waals surface area contributed by atoms with Gasteiger partial charge in [-0.25, -0.2) is 4.57 Å². The summed E-state index contributed by atoms with van der Waals surface area (Å²) in [5.41, 5.74) is 5.31. The Kier molecular flexibility index (Phi) is 35.4. The van der Waals surface area contributed by atoms with E-state index in [1.807, 2.05) is 0 Å². The van der Waals surface area contributed by atoms with Crippen molar-refractivity contribution in [2.75, 3.05) is 19.8 Å². The fraction of sp³-hybridized carbons (Fsp3) is 0.925. The lowest BCUT2D eigenvalue weighted by atomic mass is 10.0. The molecule has 0 aromatic heterocycles. The predicted octanol–water partition coefficient (Wildman–Crippen LogP) is 10.7. The zero-order valence-corrected chi connectivity index (χ0v) is 34.1. The number of esters is 2. The van der Waals surface area contributed by atoms with Crippen LogP contribution in [0.25, 0.3) is 0 Å². The van der Waals surface area contributed by atoms with E-state index in [1.54, 1.807) is 0 Å². The van der Waals surface area contributed by atoms with Gasteiger partial charge in [-0.2, -0.15) is 0 Å². The molecule has 0 saturated heterocycles. The molecule has 0 spiro atoms. The predicted molar refractivity (Wildman–Crippen MR) is 208 cm³/mol. The molecule has 1 unspecified atom stereocenters. The molecule has 11 nitrogen and oxygen atoms in total. The van der Waals surface area contributed by atoms with Crippen LogP contribution in [0.15, 0.2) is 0 Å². The highest BCUT2D eigenvalue weighted by Crippen LogP contribution is 2.43. The number of hydrogen-bond donors (Lipinski definition) is 3. The van der Waals surface area contributed by atoms with Gasteiger partial charge in [0.1, 0.15) is 12.6 Å². The number of carboxylic acid groups (broad SMARTS) is 1. The van der Waals surface area contributed by atoms with E-state index in [0.29, 0.717) is 12.8 Å². The largest absolute Gasteiger partial charge is 0.480 e. The summed E-state index contributed by atoms with van der Waals surface area (Å²) in [7, 11) is -4.70. The van der Waals surface area contributed by atoms with Crippen LogP contribution in [0.3, 0.4) is 0 Å². The van der Waals surface area contributed by atoms with Gasteiger partial charge < -0.3 is 25.2 Å². The molecule has 4 N–H and O–H groups in total. The van der Waals surface area contributed by atoms with Crippen LogP contribution in [0.2, 0.25) is 0 Å². The summed E-state index contributed by atoms with van der Waals surface area (Å²) in [6.07, 6.45) is 33.5. The number of hydrogen-bond acceptors (Lipinski definition) is 9. The first-order valence-corrected chi connectivity index (χ1v) is 22.6. The topological polar surface area (TPSA) is 172 Å². The van der Waals surface area contributed by atoms with Crippen molar-refractivity contribution in [3.63, 3.8) is 0 Å². The second-order valence-corrected chi connectivity index (χ2v) is 15.9. The first-order valence-electron chi connectivity index (χ1n) is 21.1. The molecule has 3 atom stereocenters. The minimum atomic E-state index is -4.70. The fourth-order valence-electron chi connectivity index (χ4n) is 6.01. The highest BCUT2D eigenvalue weighted by Gasteiger charge is 2.28. The third kappa shape index (κ3) is 35.5. The molecule has 0 bridgehead atoms. The van der Waals surface area contributed by atoms with Crippen LogP contribution in [0.5, 0.6) is 0 Å². The molecule has 0 aliphatic heterocycles. The highest BCUT2D eigenvalue weighted by molar-refractivity contribution is 7.47. The summed E-state index contributed by atoms with van der Waals surface area (Å²) in [4.78, 5) is 45.6. The van der Waals surface area contributed by atoms with E-state index in [-0.39, 0.29) is 19.4 Å². The fourth-order valence-corrected chi connectivity index (χ4v) is 6.79. The maximum atomic E-state index is 12.5. The zero-order chi connectivity index (χ0) is 38.5. The number of phosphoric acid groups is 1. The Labute approximate surface area is 316 Å². The maximum absolute atomic E-state index is 12.5. The van der Waals surface area contributed by atoms with Gasteiger partial charge in [0.15, 0.2) is 6.10 Å². The first-order chi connectivity index (χ1) is 25.1. The van der Waals surface area contributed by atoms with Gasteiger partial charge in [0.2, 0.25) is 0 Å². The molecule has 308 valence electrons. The van der Waals surface area contributed by atoms with Crippen molar-refractivity contribution in [1.29, 1.82) is 0 Å². The van der Waals surface area contributed by atoms with Gasteiger partial charge in [-0.15, -0.1) is 0 Å². The molecule has 0 aromatic carbocycles. The molecule has 12 heteroatoms. The van der Waals surface area contributed by atoms with Crippen LogP contribution in [0.4, 0.5) is 0 Å². The van der Waals surface area contributed by atoms with E-state index in [9.17, 15) is 23.8 Å². The van der Waals surface area contributed by atoms with E-state index in [0.717, 1.165) is 44.9 Å². The Hall–Kier alpha value is -1.52. The molecule has 0 aliphatic carbocycles. The summed E-state index contributed by atoms with van der Waals surface area (Å²) in [6.45, 7) is 2.76. The number of nitrogens with two attached hydrogens (primary N) is 1. The number of phosphoric ester groups is 1. The third-order valence-electron chi connectivity index (χ3n) is 9.36. The van der Waals surface area contributed by atoms with Gasteiger partial charge in [-0.05, 0) is 12.8 Å². The third-order valence-corrected chi connectivity index (χ3v) is 10.3. The van der Waals surface area contributed by atoms with Crippen molar-refractivity contribution in [3.8, 4) is 0 Å². The molecule has 0 aromatic rings. The normalized spacial score (nSPS) is 13.8. The number of rotatable bonds is 40. The maximum Gasteiger partial charge on any atom is 0.472 e. The van der Waals surface area contributed by atoms with Crippen molar-refractivity contribution >= 4 is 25.7 Å². The standard InChI is InChI=1S/C40H78NO10P/c1-3-5-7-9-11-12-13-14-15-16-17-18-19-20-21-22-23-24-26-27-29-31-38(42)48-33-36(34-49-52(46,47)50-35-37(41)40(44)45)51-39(43)32-30-28-25-10-8-6-4-2/h36-37H,3-35,41H2,1-2H3,(H,44,45)(H,46,47)/t36-,37-/m0/s1. The summed E-state index contributed by atoms with van der Waals surface area (Å²) < 4.78 is 32.5. The van der Waals surface area contributed by atoms with E-state index in [4.69, 9.17) is 24.8 Å². The van der Waals surface area contributed by atoms with Crippen molar-refractivity contribution in [2.45, 2.75) is 219 Å². The van der Waals surface area contributed by atoms with Crippen LogP contribution in [0.1, 0.15) is 206 Å². The van der Waals surface area contributed by atoms with Crippen molar-refractivity contribution in [2.24, 2.45) is 5.73 Å². The first kappa shape index (κ1) is 50.5. The SMILES string of the molecule is CCCCCCCCCCCCCCCCCCCCCCCC(=O)OC[C@@H](COP(=O)(O)OC[C@H](N)C(=O)O)OC(=O)CCCCCCCCC. The lowest BCUT2D eigenvalue weighted by Gasteiger charge is -2.20. The minimum Gasteiger partial charge on any atom is -0.480 e. The summed E-state index contributed by atoms with van der Waals surface area (Å²) in [5.74, 6) is -2.37. The molecule has 0 amide bonds. The van der Waals surface area contributed by atoms with Gasteiger partial charge in [0.05, 0.1) is 13.2 Å². The smallest absolute Gasteiger partial charge is 0.472 e. The number of carbonyl (C=O) groups is 3. The zero-order valence-electron chi connectivity index (χ0n) is 33.2. The average molecular weight is 764 g/mol. The number of carboxylic acids is 1. The van der Waals surface area contributed by atoms with Gasteiger partial charge in [-0.1, -0.05) is 181 Å². The summed E-state index contributed by atoms with van der Waals surface area (Å²) in [6, 6.07) is -1.51. The summed E-state index contributed by atoms with van der Waals surface area (Å²) in [5, 5.41) is 8.85. The summed E-state index contributed by atoms with van der Waals surface area (Å²) >= 11 is 0. The molecule has 0 saturated carbocycles. The second-order valence-electron chi connectivity index (χ2n) is 14.5. The van der Waals surface area contributed by atoms with Crippen LogP contribution in [-0.4, -0.2) is 59.9 Å². The Morgan fingerprint density at radius 2 is 0.846 bits per heavy atom. The monoisotopic (exact) mass is 764 g/mol. The van der Waals surface area contributed by atoms with Crippen molar-refractivity contribution in [1.82, 2.24) is 0 Å². The van der Waals surface area contributed by atoms with Crippen molar-refractivity contribution in [3.05, 3.63) is 0 Å². The Bertz CT molecular complexity index is 906. The molecule has 52 heavy (non-hydrogen) atoms.